The highest BCUT2D eigenvalue weighted by Gasteiger charge is 2.35. The molecule has 3 heterocycles. The van der Waals surface area contributed by atoms with Gasteiger partial charge in [0.1, 0.15) is 0 Å². The minimum Gasteiger partial charge on any atom is -0.493 e. The van der Waals surface area contributed by atoms with Gasteiger partial charge in [0.2, 0.25) is 0 Å². The summed E-state index contributed by atoms with van der Waals surface area (Å²) in [7, 11) is 3.10. The molecule has 0 saturated heterocycles. The average molecular weight is 604 g/mol. The molecule has 0 unspecified atom stereocenters. The number of fused-ring (bicyclic) bond motifs is 2. The zero-order chi connectivity index (χ0) is 30.8. The first-order valence-corrected chi connectivity index (χ1v) is 14.8. The van der Waals surface area contributed by atoms with E-state index in [2.05, 4.69) is 5.92 Å². The number of aromatic nitrogens is 2. The molecule has 0 N–H and O–H groups in total. The second-order valence-corrected chi connectivity index (χ2v) is 11.0. The number of benzene rings is 3. The van der Waals surface area contributed by atoms with Gasteiger partial charge < -0.3 is 18.8 Å². The molecule has 0 fully saturated rings. The molecule has 9 heteroatoms. The third-order valence-electron chi connectivity index (χ3n) is 7.46. The third kappa shape index (κ3) is 4.99. The van der Waals surface area contributed by atoms with Gasteiger partial charge in [-0.3, -0.25) is 9.36 Å². The number of thiazole rings is 1. The third-order valence-corrected chi connectivity index (χ3v) is 8.45. The zero-order valence-corrected chi connectivity index (χ0v) is 25.3. The lowest BCUT2D eigenvalue weighted by molar-refractivity contribution is -0.138. The molecule has 0 amide bonds. The van der Waals surface area contributed by atoms with Crippen LogP contribution in [0, 0.1) is 12.3 Å². The Bertz CT molecular complexity index is 2150. The topological polar surface area (TPSA) is 84.0 Å². The molecule has 1 aliphatic rings. The maximum atomic E-state index is 14.3. The summed E-state index contributed by atoms with van der Waals surface area (Å²) in [6.07, 6.45) is 9.44. The Balaban J connectivity index is 1.66. The van der Waals surface area contributed by atoms with Crippen molar-refractivity contribution in [2.24, 2.45) is 4.99 Å². The summed E-state index contributed by atoms with van der Waals surface area (Å²) in [6, 6.07) is 21.9. The Hall–Kier alpha value is -5.33. The number of terminal acetylenes is 1. The fourth-order valence-electron chi connectivity index (χ4n) is 5.54. The number of nitrogens with zero attached hydrogens (tertiary/aromatic N) is 3. The van der Waals surface area contributed by atoms with Crippen molar-refractivity contribution in [3.8, 4) is 23.8 Å². The van der Waals surface area contributed by atoms with Gasteiger partial charge in [0.15, 0.2) is 16.3 Å². The van der Waals surface area contributed by atoms with Crippen LogP contribution in [0.1, 0.15) is 29.7 Å². The molecule has 0 saturated carbocycles. The number of hydrogen-bond acceptors (Lipinski definition) is 7. The normalized spacial score (nSPS) is 14.6. The predicted molar refractivity (Wildman–Crippen MR) is 171 cm³/mol. The van der Waals surface area contributed by atoms with Crippen molar-refractivity contribution in [1.82, 2.24) is 9.13 Å². The summed E-state index contributed by atoms with van der Waals surface area (Å²) in [5.41, 5.74) is 3.64. The molecule has 44 heavy (non-hydrogen) atoms. The van der Waals surface area contributed by atoms with Gasteiger partial charge in [-0.25, -0.2) is 9.79 Å². The van der Waals surface area contributed by atoms with Gasteiger partial charge in [0.25, 0.3) is 5.56 Å². The first-order valence-electron chi connectivity index (χ1n) is 14.0. The van der Waals surface area contributed by atoms with E-state index in [9.17, 15) is 9.59 Å². The molecule has 3 aromatic carbocycles. The highest BCUT2D eigenvalue weighted by atomic mass is 32.1. The lowest BCUT2D eigenvalue weighted by Gasteiger charge is -2.26. The number of ether oxygens (including phenoxy) is 3. The quantitative estimate of drug-likeness (QED) is 0.192. The molecule has 0 aliphatic carbocycles. The van der Waals surface area contributed by atoms with E-state index in [0.29, 0.717) is 38.6 Å². The van der Waals surface area contributed by atoms with Crippen molar-refractivity contribution >= 4 is 40.0 Å². The highest BCUT2D eigenvalue weighted by molar-refractivity contribution is 7.07. The molecular formula is C35H29N3O5S. The molecule has 0 radical (unpaired) electrons. The van der Waals surface area contributed by atoms with Crippen LogP contribution in [-0.4, -0.2) is 35.9 Å². The van der Waals surface area contributed by atoms with Gasteiger partial charge in [-0.2, -0.15) is 0 Å². The Kier molecular flexibility index (Phi) is 7.92. The van der Waals surface area contributed by atoms with E-state index >= 15 is 0 Å². The lowest BCUT2D eigenvalue weighted by atomic mass is 9.93. The largest absolute Gasteiger partial charge is 0.493 e. The molecule has 0 bridgehead atoms. The molecule has 0 spiro atoms. The summed E-state index contributed by atoms with van der Waals surface area (Å²) in [5.74, 6) is 3.13. The van der Waals surface area contributed by atoms with Crippen LogP contribution in [0.3, 0.4) is 0 Å². The SMILES string of the molecule is C#CCn1cc(/C=c2\sc3n(c2=O)[C@@H](c2ccc(OC)c(OC)c2)C(C(=O)OCC)=C(c2ccccc2)N=3)c2ccccc21. The standard InChI is InChI=1S/C35H29N3O5S/c1-5-18-37-21-24(25-14-10-11-15-26(25)37)20-29-33(39)38-32(23-16-17-27(41-3)28(19-23)42-4)30(34(40)43-6-2)31(36-35(38)44-29)22-12-8-7-9-13-22/h1,7-17,19-21,32H,6,18H2,2-4H3/b29-20-/t32-/m0/s1. The van der Waals surface area contributed by atoms with Crippen LogP contribution in [0.2, 0.25) is 0 Å². The van der Waals surface area contributed by atoms with Gasteiger partial charge in [-0.15, -0.1) is 6.42 Å². The number of rotatable bonds is 8. The van der Waals surface area contributed by atoms with Crippen molar-refractivity contribution < 1.29 is 19.0 Å². The predicted octanol–water partition coefficient (Wildman–Crippen LogP) is 4.54. The minimum atomic E-state index is -0.842. The van der Waals surface area contributed by atoms with E-state index in [1.54, 1.807) is 37.8 Å². The smallest absolute Gasteiger partial charge is 0.338 e. The second kappa shape index (κ2) is 12.1. The van der Waals surface area contributed by atoms with Crippen LogP contribution < -0.4 is 24.4 Å². The van der Waals surface area contributed by atoms with Crippen molar-refractivity contribution in [1.29, 1.82) is 0 Å². The van der Waals surface area contributed by atoms with E-state index in [-0.39, 0.29) is 17.7 Å². The maximum Gasteiger partial charge on any atom is 0.338 e. The molecule has 6 rings (SSSR count). The Labute approximate surface area is 257 Å². The van der Waals surface area contributed by atoms with Gasteiger partial charge in [0, 0.05) is 28.2 Å². The van der Waals surface area contributed by atoms with Crippen LogP contribution >= 0.6 is 11.3 Å². The van der Waals surface area contributed by atoms with E-state index in [4.69, 9.17) is 25.6 Å². The van der Waals surface area contributed by atoms with E-state index in [0.717, 1.165) is 22.0 Å². The van der Waals surface area contributed by atoms with Crippen molar-refractivity contribution in [3.05, 3.63) is 121 Å². The highest BCUT2D eigenvalue weighted by Crippen LogP contribution is 2.38. The summed E-state index contributed by atoms with van der Waals surface area (Å²) in [5, 5.41) is 0.974. The molecule has 5 aromatic rings. The maximum absolute atomic E-state index is 14.3. The number of carbonyl (C=O) groups excluding carboxylic acids is 1. The van der Waals surface area contributed by atoms with E-state index in [1.807, 2.05) is 77.5 Å². The summed E-state index contributed by atoms with van der Waals surface area (Å²) in [4.78, 5) is 33.5. The van der Waals surface area contributed by atoms with Crippen molar-refractivity contribution in [3.63, 3.8) is 0 Å². The fourth-order valence-corrected chi connectivity index (χ4v) is 6.53. The average Bonchev–Trinajstić information content (AvgIpc) is 3.56. The molecule has 2 aromatic heterocycles. The van der Waals surface area contributed by atoms with Gasteiger partial charge in [-0.1, -0.05) is 71.9 Å². The first kappa shape index (κ1) is 28.8. The number of para-hydroxylation sites is 1. The Morgan fingerprint density at radius 3 is 2.52 bits per heavy atom. The van der Waals surface area contributed by atoms with Crippen LogP contribution in [0.5, 0.6) is 11.5 Å². The van der Waals surface area contributed by atoms with Crippen molar-refractivity contribution in [2.75, 3.05) is 20.8 Å². The monoisotopic (exact) mass is 603 g/mol. The van der Waals surface area contributed by atoms with Gasteiger partial charge >= 0.3 is 5.97 Å². The molecule has 220 valence electrons. The molecule has 8 nitrogen and oxygen atoms in total. The lowest BCUT2D eigenvalue weighted by Crippen LogP contribution is -2.40. The fraction of sp³-hybridized carbons (Fsp3) is 0.171. The number of carbonyl (C=O) groups is 1. The Morgan fingerprint density at radius 2 is 1.80 bits per heavy atom. The summed E-state index contributed by atoms with van der Waals surface area (Å²) in [6.45, 7) is 2.31. The van der Waals surface area contributed by atoms with Crippen LogP contribution in [-0.2, 0) is 16.1 Å². The minimum absolute atomic E-state index is 0.162. The van der Waals surface area contributed by atoms with Crippen LogP contribution in [0.4, 0.5) is 0 Å². The van der Waals surface area contributed by atoms with Gasteiger partial charge in [0.05, 0.1) is 49.2 Å². The zero-order valence-electron chi connectivity index (χ0n) is 24.4. The first-order chi connectivity index (χ1) is 21.5. The summed E-state index contributed by atoms with van der Waals surface area (Å²) < 4.78 is 20.7. The molecule has 1 atom stereocenters. The van der Waals surface area contributed by atoms with Crippen LogP contribution in [0.25, 0.3) is 22.7 Å². The molecular weight excluding hydrogens is 574 g/mol. The Morgan fingerprint density at radius 1 is 1.05 bits per heavy atom. The molecule has 1 aliphatic heterocycles. The summed E-state index contributed by atoms with van der Waals surface area (Å²) >= 11 is 1.27. The van der Waals surface area contributed by atoms with E-state index in [1.165, 1.54) is 11.3 Å². The van der Waals surface area contributed by atoms with Gasteiger partial charge in [-0.05, 0) is 36.8 Å². The number of esters is 1. The van der Waals surface area contributed by atoms with E-state index < -0.39 is 12.0 Å². The number of hydrogen-bond donors (Lipinski definition) is 0. The second-order valence-electron chi connectivity index (χ2n) is 9.98. The van der Waals surface area contributed by atoms with Crippen molar-refractivity contribution in [2.45, 2.75) is 19.5 Å². The number of methoxy groups -OCH3 is 2. The van der Waals surface area contributed by atoms with Crippen LogP contribution in [0.15, 0.2) is 94.4 Å².